The Hall–Kier alpha value is -8.97. The van der Waals surface area contributed by atoms with E-state index in [1.807, 2.05) is 85.8 Å². The van der Waals surface area contributed by atoms with Gasteiger partial charge < -0.3 is 65.2 Å². The highest BCUT2D eigenvalue weighted by atomic mass is 16.6. The van der Waals surface area contributed by atoms with Crippen LogP contribution in [0.15, 0.2) is 121 Å². The van der Waals surface area contributed by atoms with E-state index in [0.717, 1.165) is 22.4 Å². The number of ketones is 1. The number of likely N-dealkylation sites (tertiary alicyclic amines) is 1. The minimum atomic E-state index is -2.37. The molecular weight excluding hydrogens is 1270 g/mol. The highest BCUT2D eigenvalue weighted by molar-refractivity contribution is 6.38. The second-order valence-corrected chi connectivity index (χ2v) is 28.7. The number of pyridine rings is 1. The van der Waals surface area contributed by atoms with Crippen LogP contribution in [-0.2, 0) is 62.4 Å². The van der Waals surface area contributed by atoms with Crippen molar-refractivity contribution in [3.05, 3.63) is 144 Å². The summed E-state index contributed by atoms with van der Waals surface area (Å²) in [5, 5.41) is 46.8. The second-order valence-electron chi connectivity index (χ2n) is 28.7. The van der Waals surface area contributed by atoms with Crippen molar-refractivity contribution in [3.8, 4) is 28.5 Å². The maximum Gasteiger partial charge on any atom is 0.408 e. The number of ether oxygens (including phenoxy) is 5. The van der Waals surface area contributed by atoms with Crippen molar-refractivity contribution in [1.29, 1.82) is 0 Å². The van der Waals surface area contributed by atoms with Gasteiger partial charge in [-0.25, -0.2) is 14.6 Å². The van der Waals surface area contributed by atoms with E-state index in [1.165, 1.54) is 24.1 Å². The molecule has 4 aromatic carbocycles. The molecule has 2 heterocycles. The van der Waals surface area contributed by atoms with E-state index in [9.17, 15) is 53.7 Å². The lowest BCUT2D eigenvalue weighted by atomic mass is 9.84. The topological polar surface area (TPSA) is 323 Å². The predicted molar refractivity (Wildman–Crippen MR) is 372 cm³/mol. The van der Waals surface area contributed by atoms with Crippen molar-refractivity contribution >= 4 is 47.4 Å². The zero-order valence-electron chi connectivity index (χ0n) is 59.6. The number of rotatable bonds is 32. The summed E-state index contributed by atoms with van der Waals surface area (Å²) < 4.78 is 28.8. The number of nitrogens with one attached hydrogen (secondary N) is 5. The minimum absolute atomic E-state index is 0.0202. The first-order valence-electron chi connectivity index (χ1n) is 33.6. The van der Waals surface area contributed by atoms with Crippen molar-refractivity contribution in [1.82, 2.24) is 41.6 Å². The summed E-state index contributed by atoms with van der Waals surface area (Å²) in [6.45, 7) is 20.1. The molecule has 0 saturated carbocycles. The van der Waals surface area contributed by atoms with Crippen LogP contribution in [0.4, 0.5) is 4.79 Å². The van der Waals surface area contributed by atoms with E-state index in [4.69, 9.17) is 23.7 Å². The first-order chi connectivity index (χ1) is 46.6. The van der Waals surface area contributed by atoms with Gasteiger partial charge in [-0.2, -0.15) is 0 Å². The van der Waals surface area contributed by atoms with Gasteiger partial charge in [-0.05, 0) is 135 Å². The first kappa shape index (κ1) is 79.0. The molecule has 0 spiro atoms. The van der Waals surface area contributed by atoms with Crippen molar-refractivity contribution in [2.75, 3.05) is 40.5 Å². The van der Waals surface area contributed by atoms with E-state index >= 15 is 0 Å². The number of hydrogen-bond acceptors (Lipinski definition) is 18. The van der Waals surface area contributed by atoms with Gasteiger partial charge in [0.25, 0.3) is 23.6 Å². The second kappa shape index (κ2) is 35.7. The van der Waals surface area contributed by atoms with Crippen molar-refractivity contribution in [2.45, 2.75) is 189 Å². The number of piperidine rings is 1. The van der Waals surface area contributed by atoms with Gasteiger partial charge in [0.15, 0.2) is 23.7 Å². The largest absolute Gasteiger partial charge is 0.493 e. The molecule has 1 fully saturated rings. The molecule has 99 heavy (non-hydrogen) atoms. The van der Waals surface area contributed by atoms with E-state index < -0.39 is 118 Å². The zero-order chi connectivity index (χ0) is 73.0. The molecule has 24 heteroatoms. The predicted octanol–water partition coefficient (Wildman–Crippen LogP) is 7.68. The Bertz CT molecular complexity index is 3520. The summed E-state index contributed by atoms with van der Waals surface area (Å²) in [7, 11) is 3.06. The summed E-state index contributed by atoms with van der Waals surface area (Å²) in [5.41, 5.74) is 3.53. The molecule has 8 N–H and O–H groups in total. The van der Waals surface area contributed by atoms with Crippen LogP contribution in [0.1, 0.15) is 144 Å². The fraction of sp³-hybridized carbons (Fsp3) is 0.507. The summed E-state index contributed by atoms with van der Waals surface area (Å²) in [5.74, 6) is -4.39. The fourth-order valence-electron chi connectivity index (χ4n) is 11.1. The number of carbonyl (C=O) groups excluding carboxylic acids is 8. The number of aryl methyl sites for hydroxylation is 1. The lowest BCUT2D eigenvalue weighted by molar-refractivity contribution is -0.164. The summed E-state index contributed by atoms with van der Waals surface area (Å²) in [4.78, 5) is 117. The van der Waals surface area contributed by atoms with Crippen LogP contribution in [0.25, 0.3) is 11.3 Å². The van der Waals surface area contributed by atoms with E-state index in [-0.39, 0.29) is 45.6 Å². The number of alkyl carbamates (subject to hydrolysis) is 1. The van der Waals surface area contributed by atoms with Crippen molar-refractivity contribution in [3.63, 3.8) is 0 Å². The Morgan fingerprint density at radius 3 is 1.94 bits per heavy atom. The van der Waals surface area contributed by atoms with Gasteiger partial charge in [-0.1, -0.05) is 141 Å². The van der Waals surface area contributed by atoms with Crippen molar-refractivity contribution in [2.24, 2.45) is 16.2 Å². The number of aliphatic hydroxyl groups is 3. The number of aliphatic hydroxyl groups excluding tert-OH is 3. The average molecular weight is 1370 g/mol. The quantitative estimate of drug-likeness (QED) is 0.00885. The number of carbonyl (C=O) groups is 8. The zero-order valence-corrected chi connectivity index (χ0v) is 59.6. The SMILES string of the molecule is CCC(C)(C)C(=O)C(=O)N1CCCC[C@H]1C(=O)O[C@H](CCc1ccc(OC)c(OC)c1)c1cccc(OCCNC(=O)[C@@H](O)[C@@H](O)C(=O)N[C@H](C(=O)NN(Cc2ccc(-c3ccccn3)cc2)C[C@H](O)[C@H](Cc2ccccc2)NC(=O)[C@@H](NC(=O)OC(C)(C)C)C(C)(C)C)C(C)(C)C)c1. The highest BCUT2D eigenvalue weighted by Gasteiger charge is 2.43. The first-order valence-corrected chi connectivity index (χ1v) is 33.6. The van der Waals surface area contributed by atoms with Crippen LogP contribution in [0, 0.1) is 16.2 Å². The number of hydrazine groups is 1. The minimum Gasteiger partial charge on any atom is -0.493 e. The Kier molecular flexibility index (Phi) is 28.5. The Balaban J connectivity index is 1.15. The van der Waals surface area contributed by atoms with Crippen molar-refractivity contribution < 1.29 is 77.4 Å². The molecule has 0 bridgehead atoms. The van der Waals surface area contributed by atoms with Gasteiger partial charge in [0.05, 0.1) is 38.6 Å². The lowest BCUT2D eigenvalue weighted by Gasteiger charge is -2.36. The van der Waals surface area contributed by atoms with Crippen LogP contribution < -0.4 is 40.9 Å². The molecular formula is C75H102N8O16. The molecule has 538 valence electrons. The Morgan fingerprint density at radius 1 is 0.667 bits per heavy atom. The van der Waals surface area contributed by atoms with E-state index in [0.29, 0.717) is 60.5 Å². The molecule has 6 amide bonds. The Morgan fingerprint density at radius 2 is 1.31 bits per heavy atom. The third kappa shape index (κ3) is 23.6. The third-order valence-corrected chi connectivity index (χ3v) is 17.1. The monoisotopic (exact) mass is 1370 g/mol. The summed E-state index contributed by atoms with van der Waals surface area (Å²) >= 11 is 0. The average Bonchev–Trinajstić information content (AvgIpc) is 0.825. The molecule has 0 unspecified atom stereocenters. The lowest BCUT2D eigenvalue weighted by Crippen LogP contribution is -2.62. The molecule has 8 atom stereocenters. The van der Waals surface area contributed by atoms with Crippen LogP contribution in [0.2, 0.25) is 0 Å². The maximum atomic E-state index is 14.7. The molecule has 1 aromatic heterocycles. The molecule has 6 rings (SSSR count). The number of aromatic nitrogens is 1. The van der Waals surface area contributed by atoms with Crippen LogP contribution in [-0.4, -0.2) is 166 Å². The summed E-state index contributed by atoms with van der Waals surface area (Å²) in [6.07, 6.45) is -3.29. The van der Waals surface area contributed by atoms with Gasteiger partial charge in [-0.15, -0.1) is 0 Å². The molecule has 24 nitrogen and oxygen atoms in total. The number of amides is 6. The van der Waals surface area contributed by atoms with Crippen LogP contribution in [0.3, 0.4) is 0 Å². The normalized spacial score (nSPS) is 15.7. The number of methoxy groups -OCH3 is 2. The molecule has 5 aromatic rings. The summed E-state index contributed by atoms with van der Waals surface area (Å²) in [6, 6.07) is 29.7. The highest BCUT2D eigenvalue weighted by Crippen LogP contribution is 2.34. The van der Waals surface area contributed by atoms with E-state index in [2.05, 4.69) is 31.7 Å². The number of Topliss-reactive ketones (excluding diaryl/α,β-unsaturated/α-hetero) is 1. The molecule has 1 saturated heterocycles. The Labute approximate surface area is 581 Å². The number of esters is 1. The van der Waals surface area contributed by atoms with Crippen LogP contribution >= 0.6 is 0 Å². The van der Waals surface area contributed by atoms with Gasteiger partial charge in [0, 0.05) is 36.8 Å². The van der Waals surface area contributed by atoms with Crippen LogP contribution in [0.5, 0.6) is 17.2 Å². The maximum absolute atomic E-state index is 14.7. The molecule has 1 aliphatic heterocycles. The number of benzene rings is 4. The van der Waals surface area contributed by atoms with Gasteiger partial charge in [0.2, 0.25) is 11.7 Å². The third-order valence-electron chi connectivity index (χ3n) is 17.1. The number of nitrogens with zero attached hydrogens (tertiary/aromatic N) is 3. The molecule has 0 radical (unpaired) electrons. The van der Waals surface area contributed by atoms with Gasteiger partial charge >= 0.3 is 12.1 Å². The van der Waals surface area contributed by atoms with Gasteiger partial charge in [-0.3, -0.25) is 39.2 Å². The molecule has 0 aliphatic carbocycles. The smallest absolute Gasteiger partial charge is 0.408 e. The fourth-order valence-corrected chi connectivity index (χ4v) is 11.1. The van der Waals surface area contributed by atoms with E-state index in [1.54, 1.807) is 119 Å². The van der Waals surface area contributed by atoms with Gasteiger partial charge in [0.1, 0.15) is 42.2 Å². The number of hydrogen-bond donors (Lipinski definition) is 8. The molecule has 1 aliphatic rings. The standard InChI is InChI=1S/C75H102N8O16/c1-15-75(11,12)64(87)69(92)83-40-22-20-29-55(83)70(93)98-57(36-32-48-33-37-58(95-13)59(43-48)96-14)51-26-23-27-52(44-51)97-41-39-77-65(88)60(85)61(86)66(89)79-63(73(5,6)7)68(91)81-82(45-49-30-34-50(35-31-49)53-28-19-21-38-76-53)46-56(84)54(42-47-24-17-16-18-25-47)78-67(90)62(72(2,3)4)80-71(94)99-74(8,9)10/h16-19,21,23-28,30-31,33-35,37-38,43-44,54-57,60-63,84-86H,15,20,22,29,32,36,39-42,45-46H2,1-14H3,(H,77,88)(H,78,90)(H,79,89)(H,80,94)(H,81,91)/t54-,55-,56-,57+,60-,61+,62+,63+/m0/s1.